The van der Waals surface area contributed by atoms with Crippen molar-refractivity contribution in [2.45, 2.75) is 51.0 Å². The van der Waals surface area contributed by atoms with Crippen LogP contribution in [0.5, 0.6) is 0 Å². The summed E-state index contributed by atoms with van der Waals surface area (Å²) in [5.41, 5.74) is 3.62. The van der Waals surface area contributed by atoms with Gasteiger partial charge in [0.05, 0.1) is 6.61 Å². The SMILES string of the molecule is CNC(=O)C(C)(C(=O)NOC1CCCCO1)N(C)C(=O)c1ccc(C#Cc2ccc(CN3CCCOCC3)cc2)cc1. The third kappa shape index (κ3) is 7.95. The van der Waals surface area contributed by atoms with Crippen molar-refractivity contribution in [3.8, 4) is 11.8 Å². The number of likely N-dealkylation sites (N-methyl/N-ethyl adjacent to an activating group) is 2. The van der Waals surface area contributed by atoms with Crippen LogP contribution < -0.4 is 10.8 Å². The zero-order valence-corrected chi connectivity index (χ0v) is 24.6. The van der Waals surface area contributed by atoms with E-state index in [4.69, 9.17) is 14.3 Å². The molecule has 0 bridgehead atoms. The molecule has 10 nitrogen and oxygen atoms in total. The van der Waals surface area contributed by atoms with Crippen molar-refractivity contribution in [1.82, 2.24) is 20.6 Å². The Hall–Kier alpha value is -3.75. The fourth-order valence-electron chi connectivity index (χ4n) is 4.82. The summed E-state index contributed by atoms with van der Waals surface area (Å²) in [6, 6.07) is 15.0. The van der Waals surface area contributed by atoms with Gasteiger partial charge in [0.1, 0.15) is 0 Å². The van der Waals surface area contributed by atoms with Crippen LogP contribution in [0.2, 0.25) is 0 Å². The number of ether oxygens (including phenoxy) is 2. The monoisotopic (exact) mass is 576 g/mol. The number of carbonyl (C=O) groups is 3. The molecule has 0 aromatic heterocycles. The van der Waals surface area contributed by atoms with Gasteiger partial charge in [-0.05, 0) is 68.1 Å². The van der Waals surface area contributed by atoms with Crippen molar-refractivity contribution in [2.24, 2.45) is 0 Å². The van der Waals surface area contributed by atoms with Gasteiger partial charge in [0.25, 0.3) is 17.7 Å². The minimum atomic E-state index is -1.87. The van der Waals surface area contributed by atoms with E-state index < -0.39 is 29.6 Å². The normalized spacial score (nSPS) is 18.9. The summed E-state index contributed by atoms with van der Waals surface area (Å²) in [6.07, 6.45) is 2.92. The van der Waals surface area contributed by atoms with Crippen molar-refractivity contribution in [3.05, 3.63) is 70.8 Å². The zero-order chi connectivity index (χ0) is 30.0. The van der Waals surface area contributed by atoms with Crippen molar-refractivity contribution in [2.75, 3.05) is 47.0 Å². The molecule has 2 aliphatic rings. The van der Waals surface area contributed by atoms with Crippen LogP contribution >= 0.6 is 0 Å². The van der Waals surface area contributed by atoms with Crippen LogP contribution in [0.3, 0.4) is 0 Å². The highest BCUT2D eigenvalue weighted by molar-refractivity contribution is 6.12. The minimum absolute atomic E-state index is 0.311. The van der Waals surface area contributed by atoms with Gasteiger partial charge >= 0.3 is 0 Å². The third-order valence-electron chi connectivity index (χ3n) is 7.67. The highest BCUT2D eigenvalue weighted by Gasteiger charge is 2.47. The number of nitrogens with zero attached hydrogens (tertiary/aromatic N) is 2. The van der Waals surface area contributed by atoms with Gasteiger partial charge in [0.15, 0.2) is 11.8 Å². The number of carbonyl (C=O) groups excluding carboxylic acids is 3. The average molecular weight is 577 g/mol. The molecule has 2 aromatic carbocycles. The molecule has 0 saturated carbocycles. The van der Waals surface area contributed by atoms with Gasteiger partial charge in [-0.2, -0.15) is 0 Å². The predicted octanol–water partition coefficient (Wildman–Crippen LogP) is 2.46. The number of hydrogen-bond acceptors (Lipinski definition) is 7. The van der Waals surface area contributed by atoms with Gasteiger partial charge in [0.2, 0.25) is 0 Å². The Bertz CT molecular complexity index is 1270. The highest BCUT2D eigenvalue weighted by atomic mass is 16.8. The third-order valence-corrected chi connectivity index (χ3v) is 7.67. The van der Waals surface area contributed by atoms with Gasteiger partial charge in [-0.15, -0.1) is 0 Å². The van der Waals surface area contributed by atoms with Crippen LogP contribution in [-0.2, 0) is 30.4 Å². The quantitative estimate of drug-likeness (QED) is 0.282. The lowest BCUT2D eigenvalue weighted by atomic mass is 9.96. The Morgan fingerprint density at radius 2 is 1.64 bits per heavy atom. The van der Waals surface area contributed by atoms with Gasteiger partial charge in [-0.3, -0.25) is 19.3 Å². The van der Waals surface area contributed by atoms with Crippen LogP contribution in [0.4, 0.5) is 0 Å². The largest absolute Gasteiger partial charge is 0.380 e. The predicted molar refractivity (Wildman–Crippen MR) is 157 cm³/mol. The Balaban J connectivity index is 1.38. The lowest BCUT2D eigenvalue weighted by molar-refractivity contribution is -0.204. The van der Waals surface area contributed by atoms with Gasteiger partial charge in [-0.1, -0.05) is 24.0 Å². The Morgan fingerprint density at radius 3 is 2.29 bits per heavy atom. The van der Waals surface area contributed by atoms with Crippen molar-refractivity contribution in [3.63, 3.8) is 0 Å². The fourth-order valence-corrected chi connectivity index (χ4v) is 4.82. The lowest BCUT2D eigenvalue weighted by Crippen LogP contribution is -2.65. The molecule has 0 spiro atoms. The molecule has 10 heteroatoms. The molecule has 0 radical (unpaired) electrons. The van der Waals surface area contributed by atoms with Crippen LogP contribution in [0.25, 0.3) is 0 Å². The Kier molecular flexibility index (Phi) is 11.1. The summed E-state index contributed by atoms with van der Waals surface area (Å²) in [5, 5.41) is 2.47. The maximum Gasteiger partial charge on any atom is 0.279 e. The van der Waals surface area contributed by atoms with E-state index in [0.29, 0.717) is 18.6 Å². The molecular formula is C32H40N4O6. The summed E-state index contributed by atoms with van der Waals surface area (Å²) >= 11 is 0. The van der Waals surface area contributed by atoms with Crippen LogP contribution in [0.15, 0.2) is 48.5 Å². The highest BCUT2D eigenvalue weighted by Crippen LogP contribution is 2.20. The number of benzene rings is 2. The first-order chi connectivity index (χ1) is 20.3. The summed E-state index contributed by atoms with van der Waals surface area (Å²) < 4.78 is 11.0. The Labute approximate surface area is 247 Å². The molecule has 2 fully saturated rings. The van der Waals surface area contributed by atoms with Crippen molar-refractivity contribution in [1.29, 1.82) is 0 Å². The number of hydrogen-bond donors (Lipinski definition) is 2. The molecule has 4 rings (SSSR count). The molecule has 2 aliphatic heterocycles. The number of hydroxylamine groups is 1. The summed E-state index contributed by atoms with van der Waals surface area (Å²) in [6.45, 7) is 6.39. The molecule has 2 heterocycles. The van der Waals surface area contributed by atoms with E-state index in [2.05, 4.69) is 39.7 Å². The van der Waals surface area contributed by atoms with Gasteiger partial charge in [-0.25, -0.2) is 10.3 Å². The van der Waals surface area contributed by atoms with Crippen LogP contribution in [0.1, 0.15) is 59.7 Å². The van der Waals surface area contributed by atoms with E-state index in [0.717, 1.165) is 68.1 Å². The Morgan fingerprint density at radius 1 is 0.952 bits per heavy atom. The molecule has 0 aliphatic carbocycles. The van der Waals surface area contributed by atoms with E-state index in [1.54, 1.807) is 24.3 Å². The lowest BCUT2D eigenvalue weighted by Gasteiger charge is -2.36. The van der Waals surface area contributed by atoms with Gasteiger partial charge in [0, 0.05) is 70.1 Å². The standard InChI is InChI=1S/C32H40N4O6/c1-32(30(38)33-2,31(39)34-42-28-7-4-5-21-41-28)35(3)29(37)27-16-14-25(15-17-27)9-8-24-10-12-26(13-11-24)23-36-18-6-20-40-22-19-36/h10-17,28H,4-7,18-23H2,1-3H3,(H,33,38)(H,34,39). The summed E-state index contributed by atoms with van der Waals surface area (Å²) in [7, 11) is 2.82. The molecular weight excluding hydrogens is 536 g/mol. The molecule has 42 heavy (non-hydrogen) atoms. The molecule has 2 aromatic rings. The molecule has 2 unspecified atom stereocenters. The smallest absolute Gasteiger partial charge is 0.279 e. The van der Waals surface area contributed by atoms with E-state index in [1.807, 2.05) is 12.1 Å². The molecule has 2 N–H and O–H groups in total. The molecule has 2 saturated heterocycles. The van der Waals surface area contributed by atoms with Gasteiger partial charge < -0.3 is 19.7 Å². The maximum absolute atomic E-state index is 13.4. The molecule has 2 atom stereocenters. The zero-order valence-electron chi connectivity index (χ0n) is 24.6. The first-order valence-corrected chi connectivity index (χ1v) is 14.4. The van der Waals surface area contributed by atoms with Crippen molar-refractivity contribution < 1.29 is 28.7 Å². The maximum atomic E-state index is 13.4. The van der Waals surface area contributed by atoms with E-state index >= 15 is 0 Å². The van der Waals surface area contributed by atoms with E-state index in [1.165, 1.54) is 26.6 Å². The van der Waals surface area contributed by atoms with Crippen LogP contribution in [-0.4, -0.2) is 86.4 Å². The topological polar surface area (TPSA) is 109 Å². The second-order valence-corrected chi connectivity index (χ2v) is 10.6. The summed E-state index contributed by atoms with van der Waals surface area (Å²) in [5.74, 6) is 4.36. The first-order valence-electron chi connectivity index (χ1n) is 14.4. The second kappa shape index (κ2) is 14.9. The number of nitrogens with one attached hydrogen (secondary N) is 2. The average Bonchev–Trinajstić information content (AvgIpc) is 3.31. The van der Waals surface area contributed by atoms with Crippen molar-refractivity contribution >= 4 is 17.7 Å². The van der Waals surface area contributed by atoms with Crippen LogP contribution in [0, 0.1) is 11.8 Å². The summed E-state index contributed by atoms with van der Waals surface area (Å²) in [4.78, 5) is 48.2. The minimum Gasteiger partial charge on any atom is -0.380 e. The number of amides is 3. The van der Waals surface area contributed by atoms with E-state index in [-0.39, 0.29) is 0 Å². The molecule has 224 valence electrons. The molecule has 3 amide bonds. The number of rotatable bonds is 8. The second-order valence-electron chi connectivity index (χ2n) is 10.6. The van der Waals surface area contributed by atoms with E-state index in [9.17, 15) is 14.4 Å². The first kappa shape index (κ1) is 31.2. The fraction of sp³-hybridized carbons (Fsp3) is 0.469.